The van der Waals surface area contributed by atoms with Crippen LogP contribution in [0.15, 0.2) is 65.6 Å². The molecule has 0 radical (unpaired) electrons. The summed E-state index contributed by atoms with van der Waals surface area (Å²) in [6, 6.07) is 16.4. The summed E-state index contributed by atoms with van der Waals surface area (Å²) in [5.74, 6) is -1.38. The molecule has 2 N–H and O–H groups in total. The summed E-state index contributed by atoms with van der Waals surface area (Å²) in [5.41, 5.74) is 0.429. The van der Waals surface area contributed by atoms with Crippen molar-refractivity contribution >= 4 is 28.6 Å². The fraction of sp³-hybridized carbons (Fsp3) is 0.250. The van der Waals surface area contributed by atoms with E-state index < -0.39 is 34.6 Å². The predicted molar refractivity (Wildman–Crippen MR) is 105 cm³/mol. The molecule has 0 bridgehead atoms. The molecule has 0 saturated heterocycles. The molecule has 0 aromatic heterocycles. The zero-order valence-corrected chi connectivity index (χ0v) is 16.2. The Hall–Kier alpha value is -3.00. The zero-order chi connectivity index (χ0) is 20.4. The fourth-order valence-electron chi connectivity index (χ4n) is 2.40. The average molecular weight is 402 g/mol. The van der Waals surface area contributed by atoms with Crippen LogP contribution in [-0.2, 0) is 25.1 Å². The predicted octanol–water partition coefficient (Wildman–Crippen LogP) is 1.27. The van der Waals surface area contributed by atoms with E-state index in [4.69, 9.17) is 4.74 Å². The number of carbonyl (C=O) groups is 3. The molecule has 0 saturated carbocycles. The number of ether oxygens (including phenoxy) is 1. The summed E-state index contributed by atoms with van der Waals surface area (Å²) in [6.45, 7) is -0.289. The van der Waals surface area contributed by atoms with Crippen LogP contribution in [0.4, 0.5) is 0 Å². The number of hydrogen-bond donors (Lipinski definition) is 2. The highest BCUT2D eigenvalue weighted by Gasteiger charge is 2.22. The summed E-state index contributed by atoms with van der Waals surface area (Å²) in [4.78, 5) is 36.7. The van der Waals surface area contributed by atoms with Crippen LogP contribution in [0.25, 0.3) is 0 Å². The minimum atomic E-state index is -1.30. The van der Waals surface area contributed by atoms with Gasteiger partial charge in [0.15, 0.2) is 0 Å². The maximum atomic E-state index is 12.3. The van der Waals surface area contributed by atoms with Crippen LogP contribution >= 0.6 is 0 Å². The first kappa shape index (κ1) is 21.3. The Morgan fingerprint density at radius 2 is 1.61 bits per heavy atom. The summed E-state index contributed by atoms with van der Waals surface area (Å²) < 4.78 is 17.0. The molecule has 2 rings (SSSR count). The number of benzene rings is 2. The highest BCUT2D eigenvalue weighted by molar-refractivity contribution is 7.85. The molecule has 0 spiro atoms. The molecule has 148 valence electrons. The van der Waals surface area contributed by atoms with E-state index in [0.29, 0.717) is 10.5 Å². The van der Waals surface area contributed by atoms with Gasteiger partial charge in [-0.15, -0.1) is 0 Å². The monoisotopic (exact) mass is 402 g/mol. The van der Waals surface area contributed by atoms with Crippen molar-refractivity contribution in [2.24, 2.45) is 0 Å². The molecule has 0 fully saturated rings. The largest absolute Gasteiger partial charge is 0.467 e. The summed E-state index contributed by atoms with van der Waals surface area (Å²) in [6.07, 6.45) is 0.145. The number of amides is 2. The molecule has 0 aliphatic carbocycles. The first-order valence-electron chi connectivity index (χ1n) is 8.65. The Morgan fingerprint density at radius 3 is 2.21 bits per heavy atom. The van der Waals surface area contributed by atoms with Crippen LogP contribution in [-0.4, -0.2) is 47.4 Å². The zero-order valence-electron chi connectivity index (χ0n) is 15.4. The lowest BCUT2D eigenvalue weighted by molar-refractivity contribution is -0.145. The lowest BCUT2D eigenvalue weighted by Gasteiger charge is -2.16. The van der Waals surface area contributed by atoms with Crippen molar-refractivity contribution in [3.8, 4) is 0 Å². The number of methoxy groups -OCH3 is 1. The van der Waals surface area contributed by atoms with Gasteiger partial charge in [0.25, 0.3) is 5.91 Å². The average Bonchev–Trinajstić information content (AvgIpc) is 2.75. The molecule has 0 aliphatic rings. The van der Waals surface area contributed by atoms with Crippen molar-refractivity contribution in [3.05, 3.63) is 66.2 Å². The second-order valence-corrected chi connectivity index (χ2v) is 7.41. The Bertz CT molecular complexity index is 827. The van der Waals surface area contributed by atoms with E-state index in [1.165, 1.54) is 7.11 Å². The van der Waals surface area contributed by atoms with Crippen molar-refractivity contribution in [2.45, 2.75) is 17.4 Å². The molecule has 2 atom stereocenters. The third-order valence-electron chi connectivity index (χ3n) is 3.86. The van der Waals surface area contributed by atoms with Crippen LogP contribution in [0, 0.1) is 0 Å². The van der Waals surface area contributed by atoms with E-state index in [1.54, 1.807) is 54.6 Å². The number of esters is 1. The summed E-state index contributed by atoms with van der Waals surface area (Å²) in [5, 5.41) is 5.01. The lowest BCUT2D eigenvalue weighted by Crippen LogP contribution is -2.46. The Balaban J connectivity index is 1.87. The van der Waals surface area contributed by atoms with E-state index in [-0.39, 0.29) is 18.7 Å². The number of nitrogens with one attached hydrogen (secondary N) is 2. The van der Waals surface area contributed by atoms with Crippen molar-refractivity contribution in [2.75, 3.05) is 19.4 Å². The van der Waals surface area contributed by atoms with Gasteiger partial charge < -0.3 is 15.4 Å². The van der Waals surface area contributed by atoms with Gasteiger partial charge in [0, 0.05) is 16.2 Å². The van der Waals surface area contributed by atoms with E-state index in [9.17, 15) is 18.6 Å². The Kier molecular flexibility index (Phi) is 8.36. The first-order valence-corrected chi connectivity index (χ1v) is 9.97. The number of rotatable bonds is 9. The number of hydrogen-bond acceptors (Lipinski definition) is 5. The second-order valence-electron chi connectivity index (χ2n) is 5.84. The van der Waals surface area contributed by atoms with Crippen LogP contribution < -0.4 is 10.6 Å². The number of carbonyl (C=O) groups excluding carboxylic acids is 3. The lowest BCUT2D eigenvalue weighted by atomic mass is 10.2. The second kappa shape index (κ2) is 11.0. The molecule has 7 nitrogen and oxygen atoms in total. The van der Waals surface area contributed by atoms with E-state index in [1.807, 2.05) is 6.07 Å². The smallest absolute Gasteiger partial charge is 0.328 e. The van der Waals surface area contributed by atoms with E-state index >= 15 is 0 Å². The van der Waals surface area contributed by atoms with Gasteiger partial charge in [-0.3, -0.25) is 13.8 Å². The Morgan fingerprint density at radius 1 is 1.00 bits per heavy atom. The molecule has 0 aliphatic heterocycles. The molecule has 0 unspecified atom stereocenters. The van der Waals surface area contributed by atoms with Crippen LogP contribution in [0.2, 0.25) is 0 Å². The SMILES string of the molecule is COC(=O)[C@@H](CC[S@](=O)c1ccccc1)NC(=O)CNC(=O)c1ccccc1. The van der Waals surface area contributed by atoms with Crippen LogP contribution in [0.5, 0.6) is 0 Å². The molecule has 8 heteroatoms. The van der Waals surface area contributed by atoms with E-state index in [2.05, 4.69) is 10.6 Å². The van der Waals surface area contributed by atoms with Gasteiger partial charge in [-0.2, -0.15) is 0 Å². The summed E-state index contributed by atoms with van der Waals surface area (Å²) in [7, 11) is -0.0870. The fourth-order valence-corrected chi connectivity index (χ4v) is 3.55. The van der Waals surface area contributed by atoms with Gasteiger partial charge in [0.2, 0.25) is 5.91 Å². The molecule has 2 amide bonds. The topological polar surface area (TPSA) is 102 Å². The highest BCUT2D eigenvalue weighted by atomic mass is 32.2. The van der Waals surface area contributed by atoms with Gasteiger partial charge in [-0.05, 0) is 30.7 Å². The highest BCUT2D eigenvalue weighted by Crippen LogP contribution is 2.08. The maximum absolute atomic E-state index is 12.3. The first-order chi connectivity index (χ1) is 13.5. The maximum Gasteiger partial charge on any atom is 0.328 e. The molecule has 0 heterocycles. The minimum Gasteiger partial charge on any atom is -0.467 e. The van der Waals surface area contributed by atoms with Crippen LogP contribution in [0.1, 0.15) is 16.8 Å². The van der Waals surface area contributed by atoms with Gasteiger partial charge in [0.1, 0.15) is 6.04 Å². The molecule has 2 aromatic rings. The van der Waals surface area contributed by atoms with Gasteiger partial charge >= 0.3 is 5.97 Å². The molecular weight excluding hydrogens is 380 g/mol. The van der Waals surface area contributed by atoms with Gasteiger partial charge in [-0.1, -0.05) is 36.4 Å². The summed E-state index contributed by atoms with van der Waals surface area (Å²) >= 11 is 0. The normalized spacial score (nSPS) is 12.5. The van der Waals surface area contributed by atoms with E-state index in [0.717, 1.165) is 0 Å². The Labute approximate surface area is 165 Å². The van der Waals surface area contributed by atoms with Crippen molar-refractivity contribution in [3.63, 3.8) is 0 Å². The third kappa shape index (κ3) is 6.62. The minimum absolute atomic E-state index is 0.145. The molecular formula is C20H22N2O5S. The third-order valence-corrected chi connectivity index (χ3v) is 5.27. The van der Waals surface area contributed by atoms with Gasteiger partial charge in [-0.25, -0.2) is 4.79 Å². The molecule has 28 heavy (non-hydrogen) atoms. The quantitative estimate of drug-likeness (QED) is 0.615. The van der Waals surface area contributed by atoms with Gasteiger partial charge in [0.05, 0.1) is 24.5 Å². The van der Waals surface area contributed by atoms with Crippen LogP contribution in [0.3, 0.4) is 0 Å². The molecule has 2 aromatic carbocycles. The van der Waals surface area contributed by atoms with Crippen molar-refractivity contribution < 1.29 is 23.3 Å². The van der Waals surface area contributed by atoms with Crippen molar-refractivity contribution in [1.29, 1.82) is 0 Å². The standard InChI is InChI=1S/C20H22N2O5S/c1-27-20(25)17(12-13-28(26)16-10-6-3-7-11-16)22-18(23)14-21-19(24)15-8-4-2-5-9-15/h2-11,17H,12-14H2,1H3,(H,21,24)(H,22,23)/t17-,28+/m1/s1. The van der Waals surface area contributed by atoms with Crippen molar-refractivity contribution in [1.82, 2.24) is 10.6 Å².